The summed E-state index contributed by atoms with van der Waals surface area (Å²) in [5, 5.41) is 0. The van der Waals surface area contributed by atoms with Crippen molar-refractivity contribution in [1.29, 1.82) is 0 Å². The van der Waals surface area contributed by atoms with Crippen LogP contribution in [0.4, 0.5) is 0 Å². The number of rotatable bonds is 1. The highest BCUT2D eigenvalue weighted by Gasteiger charge is 2.20. The van der Waals surface area contributed by atoms with E-state index in [0.717, 1.165) is 11.3 Å². The van der Waals surface area contributed by atoms with Crippen molar-refractivity contribution in [3.63, 3.8) is 0 Å². The summed E-state index contributed by atoms with van der Waals surface area (Å²) in [5.74, 6) is 0.831. The molecule has 0 saturated carbocycles. The molecule has 0 unspecified atom stereocenters. The van der Waals surface area contributed by atoms with Crippen molar-refractivity contribution in [2.45, 2.75) is 26.2 Å². The smallest absolute Gasteiger partial charge is 0.160 e. The average molecular weight is 154 g/mol. The Morgan fingerprint density at radius 1 is 1.27 bits per heavy atom. The molecule has 0 aliphatic carbocycles. The van der Waals surface area contributed by atoms with Crippen LogP contribution in [0.2, 0.25) is 0 Å². The third kappa shape index (κ3) is 1.56. The standard InChI is InChI=1S/C9H14O2/c1-9(2,3)7-5-11-6-8(7)10-4/h5-6H,1-4H3. The fourth-order valence-electron chi connectivity index (χ4n) is 0.990. The number of hydrogen-bond donors (Lipinski definition) is 0. The Hall–Kier alpha value is -0.920. The first-order valence-corrected chi connectivity index (χ1v) is 3.66. The molecule has 0 atom stereocenters. The molecule has 1 heterocycles. The summed E-state index contributed by atoms with van der Waals surface area (Å²) in [6.45, 7) is 6.38. The molecular weight excluding hydrogens is 140 g/mol. The van der Waals surface area contributed by atoms with Gasteiger partial charge >= 0.3 is 0 Å². The molecule has 2 heteroatoms. The zero-order valence-corrected chi connectivity index (χ0v) is 7.47. The minimum atomic E-state index is 0.0956. The summed E-state index contributed by atoms with van der Waals surface area (Å²) >= 11 is 0. The monoisotopic (exact) mass is 154 g/mol. The van der Waals surface area contributed by atoms with Crippen LogP contribution in [-0.4, -0.2) is 7.11 Å². The fourth-order valence-corrected chi connectivity index (χ4v) is 0.990. The van der Waals surface area contributed by atoms with Crippen LogP contribution >= 0.6 is 0 Å². The van der Waals surface area contributed by atoms with E-state index in [1.54, 1.807) is 19.6 Å². The van der Waals surface area contributed by atoms with E-state index >= 15 is 0 Å². The lowest BCUT2D eigenvalue weighted by atomic mass is 9.89. The van der Waals surface area contributed by atoms with Gasteiger partial charge in [0.05, 0.1) is 13.4 Å². The Balaban J connectivity index is 3.02. The summed E-state index contributed by atoms with van der Waals surface area (Å²) in [6.07, 6.45) is 3.36. The van der Waals surface area contributed by atoms with Gasteiger partial charge in [-0.1, -0.05) is 20.8 Å². The maximum atomic E-state index is 5.12. The van der Waals surface area contributed by atoms with Gasteiger partial charge in [-0.05, 0) is 5.41 Å². The molecular formula is C9H14O2. The molecule has 0 aliphatic rings. The second kappa shape index (κ2) is 2.61. The second-order valence-corrected chi connectivity index (χ2v) is 3.60. The first-order chi connectivity index (χ1) is 5.05. The molecule has 0 aromatic carbocycles. The van der Waals surface area contributed by atoms with Crippen LogP contribution in [0.1, 0.15) is 26.3 Å². The van der Waals surface area contributed by atoms with Crippen LogP contribution in [-0.2, 0) is 5.41 Å². The Morgan fingerprint density at radius 3 is 2.27 bits per heavy atom. The normalized spacial score (nSPS) is 11.6. The lowest BCUT2D eigenvalue weighted by molar-refractivity contribution is 0.395. The Morgan fingerprint density at radius 2 is 1.91 bits per heavy atom. The van der Waals surface area contributed by atoms with Crippen molar-refractivity contribution >= 4 is 0 Å². The Kier molecular flexibility index (Phi) is 1.94. The maximum absolute atomic E-state index is 5.12. The molecule has 1 rings (SSSR count). The van der Waals surface area contributed by atoms with Gasteiger partial charge in [-0.2, -0.15) is 0 Å². The highest BCUT2D eigenvalue weighted by Crippen LogP contribution is 2.31. The zero-order chi connectivity index (χ0) is 8.48. The Labute approximate surface area is 67.2 Å². The number of hydrogen-bond acceptors (Lipinski definition) is 2. The third-order valence-corrected chi connectivity index (χ3v) is 1.65. The van der Waals surface area contributed by atoms with Gasteiger partial charge in [0, 0.05) is 5.56 Å². The van der Waals surface area contributed by atoms with Gasteiger partial charge in [-0.25, -0.2) is 0 Å². The molecule has 0 saturated heterocycles. The third-order valence-electron chi connectivity index (χ3n) is 1.65. The SMILES string of the molecule is COc1cocc1C(C)(C)C. The van der Waals surface area contributed by atoms with E-state index in [1.807, 2.05) is 0 Å². The summed E-state index contributed by atoms with van der Waals surface area (Å²) < 4.78 is 10.2. The van der Waals surface area contributed by atoms with E-state index < -0.39 is 0 Å². The maximum Gasteiger partial charge on any atom is 0.160 e. The first-order valence-electron chi connectivity index (χ1n) is 3.66. The van der Waals surface area contributed by atoms with E-state index in [9.17, 15) is 0 Å². The van der Waals surface area contributed by atoms with Crippen LogP contribution in [0.3, 0.4) is 0 Å². The predicted octanol–water partition coefficient (Wildman–Crippen LogP) is 2.59. The molecule has 0 aliphatic heterocycles. The van der Waals surface area contributed by atoms with E-state index in [-0.39, 0.29) is 5.41 Å². The number of furan rings is 1. The van der Waals surface area contributed by atoms with E-state index in [1.165, 1.54) is 0 Å². The van der Waals surface area contributed by atoms with Crippen LogP contribution in [0.5, 0.6) is 5.75 Å². The predicted molar refractivity (Wildman–Crippen MR) is 44.0 cm³/mol. The van der Waals surface area contributed by atoms with Crippen molar-refractivity contribution < 1.29 is 9.15 Å². The van der Waals surface area contributed by atoms with Crippen LogP contribution in [0.25, 0.3) is 0 Å². The second-order valence-electron chi connectivity index (χ2n) is 3.60. The van der Waals surface area contributed by atoms with Gasteiger partial charge < -0.3 is 9.15 Å². The summed E-state index contributed by atoms with van der Waals surface area (Å²) in [6, 6.07) is 0. The van der Waals surface area contributed by atoms with Gasteiger partial charge in [0.1, 0.15) is 6.26 Å². The van der Waals surface area contributed by atoms with Gasteiger partial charge in [0.2, 0.25) is 0 Å². The molecule has 0 amide bonds. The number of ether oxygens (including phenoxy) is 1. The first kappa shape index (κ1) is 8.18. The lowest BCUT2D eigenvalue weighted by Crippen LogP contribution is -2.10. The summed E-state index contributed by atoms with van der Waals surface area (Å²) in [5.41, 5.74) is 1.21. The van der Waals surface area contributed by atoms with Gasteiger partial charge in [0.25, 0.3) is 0 Å². The van der Waals surface area contributed by atoms with Gasteiger partial charge in [-0.15, -0.1) is 0 Å². The molecule has 0 spiro atoms. The van der Waals surface area contributed by atoms with Crippen LogP contribution < -0.4 is 4.74 Å². The van der Waals surface area contributed by atoms with Crippen molar-refractivity contribution in [2.75, 3.05) is 7.11 Å². The molecule has 62 valence electrons. The van der Waals surface area contributed by atoms with E-state index in [2.05, 4.69) is 20.8 Å². The average Bonchev–Trinajstić information content (AvgIpc) is 2.31. The van der Waals surface area contributed by atoms with Gasteiger partial charge in [-0.3, -0.25) is 0 Å². The topological polar surface area (TPSA) is 22.4 Å². The lowest BCUT2D eigenvalue weighted by Gasteiger charge is -2.16. The van der Waals surface area contributed by atoms with E-state index in [0.29, 0.717) is 0 Å². The summed E-state index contributed by atoms with van der Waals surface area (Å²) in [4.78, 5) is 0. The van der Waals surface area contributed by atoms with E-state index in [4.69, 9.17) is 9.15 Å². The molecule has 0 fully saturated rings. The highest BCUT2D eigenvalue weighted by atomic mass is 16.5. The quantitative estimate of drug-likeness (QED) is 0.620. The minimum Gasteiger partial charge on any atom is -0.493 e. The van der Waals surface area contributed by atoms with Crippen molar-refractivity contribution in [2.24, 2.45) is 0 Å². The molecule has 1 aromatic rings. The van der Waals surface area contributed by atoms with Gasteiger partial charge in [0.15, 0.2) is 5.75 Å². The molecule has 0 N–H and O–H groups in total. The largest absolute Gasteiger partial charge is 0.493 e. The van der Waals surface area contributed by atoms with Crippen molar-refractivity contribution in [3.8, 4) is 5.75 Å². The molecule has 2 nitrogen and oxygen atoms in total. The number of methoxy groups -OCH3 is 1. The highest BCUT2D eigenvalue weighted by molar-refractivity contribution is 5.33. The molecule has 0 radical (unpaired) electrons. The fraction of sp³-hybridized carbons (Fsp3) is 0.556. The molecule has 0 bridgehead atoms. The Bertz CT molecular complexity index is 230. The minimum absolute atomic E-state index is 0.0956. The zero-order valence-electron chi connectivity index (χ0n) is 7.47. The van der Waals surface area contributed by atoms with Crippen LogP contribution in [0, 0.1) is 0 Å². The molecule has 11 heavy (non-hydrogen) atoms. The molecule has 1 aromatic heterocycles. The van der Waals surface area contributed by atoms with Crippen LogP contribution in [0.15, 0.2) is 16.9 Å². The van der Waals surface area contributed by atoms with Crippen molar-refractivity contribution in [1.82, 2.24) is 0 Å². The van der Waals surface area contributed by atoms with Crippen molar-refractivity contribution in [3.05, 3.63) is 18.1 Å². The summed E-state index contributed by atoms with van der Waals surface area (Å²) in [7, 11) is 1.65.